The highest BCUT2D eigenvalue weighted by Gasteiger charge is 2.31. The summed E-state index contributed by atoms with van der Waals surface area (Å²) in [5, 5.41) is 0. The molecule has 0 unspecified atom stereocenters. The first kappa shape index (κ1) is 26.3. The Labute approximate surface area is 214 Å². The number of methoxy groups -OCH3 is 2. The van der Waals surface area contributed by atoms with Crippen molar-refractivity contribution >= 4 is 0 Å². The second kappa shape index (κ2) is 13.5. The third-order valence-electron chi connectivity index (χ3n) is 7.25. The number of ether oxygens (including phenoxy) is 2. The van der Waals surface area contributed by atoms with Crippen molar-refractivity contribution < 1.29 is 13.9 Å². The summed E-state index contributed by atoms with van der Waals surface area (Å²) in [4.78, 5) is 9.42. The Hall–Kier alpha value is -2.80. The molecule has 2 aromatic carbocycles. The molecule has 1 aromatic heterocycles. The van der Waals surface area contributed by atoms with Gasteiger partial charge in [0.05, 0.1) is 13.7 Å². The predicted molar refractivity (Wildman–Crippen MR) is 141 cm³/mol. The molecule has 1 aliphatic rings. The number of piperidine rings is 1. The number of halogens is 1. The van der Waals surface area contributed by atoms with Crippen LogP contribution in [0.4, 0.5) is 4.39 Å². The molecule has 3 aromatic rings. The van der Waals surface area contributed by atoms with Crippen molar-refractivity contribution in [1.29, 1.82) is 0 Å². The van der Waals surface area contributed by atoms with Crippen molar-refractivity contribution in [1.82, 2.24) is 14.8 Å². The Kier molecular flexibility index (Phi) is 9.84. The van der Waals surface area contributed by atoms with Crippen LogP contribution >= 0.6 is 0 Å². The summed E-state index contributed by atoms with van der Waals surface area (Å²) in [6.45, 7) is 5.33. The van der Waals surface area contributed by atoms with Crippen molar-refractivity contribution in [3.05, 3.63) is 95.6 Å². The molecule has 1 atom stereocenters. The lowest BCUT2D eigenvalue weighted by atomic mass is 9.84. The van der Waals surface area contributed by atoms with E-state index in [0.29, 0.717) is 24.3 Å². The van der Waals surface area contributed by atoms with E-state index in [0.717, 1.165) is 57.5 Å². The van der Waals surface area contributed by atoms with Crippen LogP contribution in [-0.4, -0.2) is 61.3 Å². The van der Waals surface area contributed by atoms with Crippen molar-refractivity contribution in [2.24, 2.45) is 5.92 Å². The highest BCUT2D eigenvalue weighted by atomic mass is 19.1. The van der Waals surface area contributed by atoms with Gasteiger partial charge in [-0.15, -0.1) is 0 Å². The number of nitrogens with zero attached hydrogens (tertiary/aromatic N) is 3. The largest absolute Gasteiger partial charge is 0.494 e. The molecule has 4 rings (SSSR count). The van der Waals surface area contributed by atoms with Gasteiger partial charge in [-0.25, -0.2) is 4.39 Å². The van der Waals surface area contributed by atoms with Crippen molar-refractivity contribution in [2.45, 2.75) is 38.4 Å². The first-order valence-corrected chi connectivity index (χ1v) is 12.9. The summed E-state index contributed by atoms with van der Waals surface area (Å²) in [6, 6.07) is 20.6. The molecule has 0 radical (unpaired) electrons. The number of pyridine rings is 1. The van der Waals surface area contributed by atoms with E-state index in [1.54, 1.807) is 7.11 Å². The second-order valence-electron chi connectivity index (χ2n) is 9.66. The molecule has 0 aliphatic carbocycles. The van der Waals surface area contributed by atoms with Gasteiger partial charge in [-0.2, -0.15) is 0 Å². The molecule has 1 aliphatic heterocycles. The molecule has 0 bridgehead atoms. The zero-order valence-electron chi connectivity index (χ0n) is 21.5. The van der Waals surface area contributed by atoms with Gasteiger partial charge in [0.15, 0.2) is 11.6 Å². The first-order valence-electron chi connectivity index (χ1n) is 12.9. The molecule has 1 saturated heterocycles. The van der Waals surface area contributed by atoms with Crippen LogP contribution in [-0.2, 0) is 24.2 Å². The number of hydrogen-bond donors (Lipinski definition) is 0. The standard InChI is InChI=1S/C30H38FN3O2/c1-35-18-17-34(23-26-9-6-14-32-21-26)29(19-24-7-4-3-5-8-24)27-12-15-33(16-13-27)22-25-10-11-28(31)30(20-25)36-2/h3-11,14,20-21,27,29H,12-13,15-19,22-23H2,1-2H3/t29-/m0/s1. The number of benzene rings is 2. The molecule has 0 amide bonds. The van der Waals surface area contributed by atoms with Gasteiger partial charge in [-0.05, 0) is 73.2 Å². The summed E-state index contributed by atoms with van der Waals surface area (Å²) < 4.78 is 24.5. The molecule has 0 spiro atoms. The predicted octanol–water partition coefficient (Wildman–Crippen LogP) is 5.20. The van der Waals surface area contributed by atoms with Gasteiger partial charge in [0, 0.05) is 45.2 Å². The van der Waals surface area contributed by atoms with Crippen LogP contribution in [0.5, 0.6) is 5.75 Å². The Morgan fingerprint density at radius 1 is 1.00 bits per heavy atom. The fraction of sp³-hybridized carbons (Fsp3) is 0.433. The maximum atomic E-state index is 13.8. The number of aromatic nitrogens is 1. The minimum atomic E-state index is -0.312. The third-order valence-corrected chi connectivity index (χ3v) is 7.25. The van der Waals surface area contributed by atoms with Crippen molar-refractivity contribution in [2.75, 3.05) is 40.5 Å². The van der Waals surface area contributed by atoms with E-state index in [9.17, 15) is 4.39 Å². The lowest BCUT2D eigenvalue weighted by Crippen LogP contribution is -2.47. The molecule has 5 nitrogen and oxygen atoms in total. The number of hydrogen-bond acceptors (Lipinski definition) is 5. The first-order chi connectivity index (χ1) is 17.7. The van der Waals surface area contributed by atoms with Gasteiger partial charge >= 0.3 is 0 Å². The maximum absolute atomic E-state index is 13.8. The van der Waals surface area contributed by atoms with Gasteiger partial charge < -0.3 is 9.47 Å². The number of rotatable bonds is 12. The average Bonchev–Trinajstić information content (AvgIpc) is 2.92. The molecule has 1 fully saturated rings. The van der Waals surface area contributed by atoms with Crippen LogP contribution in [0, 0.1) is 11.7 Å². The minimum Gasteiger partial charge on any atom is -0.494 e. The van der Waals surface area contributed by atoms with Crippen LogP contribution in [0.15, 0.2) is 73.1 Å². The van der Waals surface area contributed by atoms with Gasteiger partial charge in [0.1, 0.15) is 0 Å². The van der Waals surface area contributed by atoms with E-state index >= 15 is 0 Å². The topological polar surface area (TPSA) is 37.8 Å². The van der Waals surface area contributed by atoms with Crippen LogP contribution in [0.25, 0.3) is 0 Å². The van der Waals surface area contributed by atoms with Gasteiger partial charge in [0.25, 0.3) is 0 Å². The van der Waals surface area contributed by atoms with E-state index in [4.69, 9.17) is 9.47 Å². The number of likely N-dealkylation sites (tertiary alicyclic amines) is 1. The highest BCUT2D eigenvalue weighted by molar-refractivity contribution is 5.30. The fourth-order valence-corrected chi connectivity index (χ4v) is 5.30. The summed E-state index contributed by atoms with van der Waals surface area (Å²) in [5.74, 6) is 0.584. The fourth-order valence-electron chi connectivity index (χ4n) is 5.30. The van der Waals surface area contributed by atoms with Crippen LogP contribution in [0.2, 0.25) is 0 Å². The second-order valence-corrected chi connectivity index (χ2v) is 9.66. The van der Waals surface area contributed by atoms with E-state index in [2.05, 4.69) is 51.2 Å². The van der Waals surface area contributed by atoms with Crippen LogP contribution < -0.4 is 4.74 Å². The third kappa shape index (κ3) is 7.36. The molecule has 192 valence electrons. The zero-order valence-corrected chi connectivity index (χ0v) is 21.5. The Balaban J connectivity index is 1.47. The van der Waals surface area contributed by atoms with Crippen molar-refractivity contribution in [3.63, 3.8) is 0 Å². The minimum absolute atomic E-state index is 0.312. The Bertz CT molecular complexity index is 1040. The zero-order chi connectivity index (χ0) is 25.2. The summed E-state index contributed by atoms with van der Waals surface area (Å²) >= 11 is 0. The van der Waals surface area contributed by atoms with Gasteiger partial charge in [0.2, 0.25) is 0 Å². The lowest BCUT2D eigenvalue weighted by Gasteiger charge is -2.41. The maximum Gasteiger partial charge on any atom is 0.165 e. The molecule has 0 N–H and O–H groups in total. The summed E-state index contributed by atoms with van der Waals surface area (Å²) in [7, 11) is 3.29. The van der Waals surface area contributed by atoms with Crippen LogP contribution in [0.1, 0.15) is 29.5 Å². The van der Waals surface area contributed by atoms with E-state index < -0.39 is 0 Å². The van der Waals surface area contributed by atoms with Gasteiger partial charge in [-0.3, -0.25) is 14.8 Å². The lowest BCUT2D eigenvalue weighted by molar-refractivity contribution is 0.0571. The Morgan fingerprint density at radius 3 is 2.47 bits per heavy atom. The molecule has 0 saturated carbocycles. The normalized spacial score (nSPS) is 15.8. The molecular formula is C30H38FN3O2. The van der Waals surface area contributed by atoms with E-state index in [1.807, 2.05) is 30.6 Å². The summed E-state index contributed by atoms with van der Waals surface area (Å²) in [5.41, 5.74) is 3.69. The summed E-state index contributed by atoms with van der Waals surface area (Å²) in [6.07, 6.45) is 7.08. The van der Waals surface area contributed by atoms with Gasteiger partial charge in [-0.1, -0.05) is 42.5 Å². The highest BCUT2D eigenvalue weighted by Crippen LogP contribution is 2.29. The van der Waals surface area contributed by atoms with Crippen molar-refractivity contribution in [3.8, 4) is 5.75 Å². The molecule has 2 heterocycles. The molecular weight excluding hydrogens is 453 g/mol. The average molecular weight is 492 g/mol. The molecule has 6 heteroatoms. The van der Waals surface area contributed by atoms with E-state index in [1.165, 1.54) is 24.3 Å². The van der Waals surface area contributed by atoms with Crippen LogP contribution in [0.3, 0.4) is 0 Å². The Morgan fingerprint density at radius 2 is 1.78 bits per heavy atom. The SMILES string of the molecule is COCCN(Cc1cccnc1)[C@@H](Cc1ccccc1)C1CCN(Cc2ccc(F)c(OC)c2)CC1. The monoisotopic (exact) mass is 491 g/mol. The molecule has 36 heavy (non-hydrogen) atoms. The van der Waals surface area contributed by atoms with E-state index in [-0.39, 0.29) is 5.82 Å². The quantitative estimate of drug-likeness (QED) is 0.348. The smallest absolute Gasteiger partial charge is 0.165 e.